The van der Waals surface area contributed by atoms with Crippen LogP contribution < -0.4 is 4.90 Å². The molecule has 45 heavy (non-hydrogen) atoms. The van der Waals surface area contributed by atoms with Crippen LogP contribution in [0.1, 0.15) is 41.5 Å². The molecule has 3 aromatic heterocycles. The molecule has 5 rings (SSSR count). The van der Waals surface area contributed by atoms with Crippen LogP contribution in [0.4, 0.5) is 20.4 Å². The molecule has 1 amide bonds. The number of anilines is 2. The Morgan fingerprint density at radius 2 is 1.73 bits per heavy atom. The van der Waals surface area contributed by atoms with Crippen molar-refractivity contribution < 1.29 is 23.8 Å². The molecule has 0 unspecified atom stereocenters. The lowest BCUT2D eigenvalue weighted by molar-refractivity contribution is 0.0521. The van der Waals surface area contributed by atoms with Crippen molar-refractivity contribution in [3.8, 4) is 22.0 Å². The van der Waals surface area contributed by atoms with E-state index in [0.717, 1.165) is 21.6 Å². The van der Waals surface area contributed by atoms with Crippen molar-refractivity contribution in [3.63, 3.8) is 0 Å². The summed E-state index contributed by atoms with van der Waals surface area (Å²) in [7, 11) is 1.66. The zero-order valence-electron chi connectivity index (χ0n) is 26.1. The maximum atomic E-state index is 13.7. The zero-order chi connectivity index (χ0) is 32.5. The van der Waals surface area contributed by atoms with E-state index >= 15 is 0 Å². The first-order chi connectivity index (χ1) is 21.3. The number of methoxy groups -OCH3 is 1. The minimum Gasteiger partial charge on any atom is -0.443 e. The smallest absolute Gasteiger partial charge is 0.435 e. The number of fused-ring (bicyclic) bond motifs is 1. The second-order valence-corrected chi connectivity index (χ2v) is 13.4. The summed E-state index contributed by atoms with van der Waals surface area (Å²) in [5.41, 5.74) is 0.873. The Hall–Kier alpha value is -4.33. The molecule has 12 nitrogen and oxygen atoms in total. The number of hydrogen-bond donors (Lipinski definition) is 0. The quantitative estimate of drug-likeness (QED) is 0.175. The van der Waals surface area contributed by atoms with E-state index < -0.39 is 23.4 Å². The molecule has 0 atom stereocenters. The monoisotopic (exact) mass is 651 g/mol. The fourth-order valence-electron chi connectivity index (χ4n) is 4.42. The van der Waals surface area contributed by atoms with Gasteiger partial charge in [0, 0.05) is 42.6 Å². The van der Waals surface area contributed by atoms with Crippen LogP contribution in [0.3, 0.4) is 0 Å². The average Bonchev–Trinajstić information content (AvgIpc) is 3.71. The molecule has 0 aliphatic rings. The molecule has 0 saturated carbocycles. The molecule has 0 bridgehead atoms. The number of hydrogen-bond acceptors (Lipinski definition) is 10. The Bertz CT molecular complexity index is 1850. The maximum absolute atomic E-state index is 13.7. The highest BCUT2D eigenvalue weighted by Crippen LogP contribution is 2.41. The van der Waals surface area contributed by atoms with Crippen LogP contribution in [0.5, 0.6) is 0 Å². The van der Waals surface area contributed by atoms with E-state index in [1.807, 2.05) is 35.0 Å². The van der Waals surface area contributed by atoms with Gasteiger partial charge in [-0.1, -0.05) is 41.1 Å². The lowest BCUT2D eigenvalue weighted by Crippen LogP contribution is -2.34. The molecule has 0 spiro atoms. The number of imidazole rings is 1. The number of aromatic nitrogens is 6. The van der Waals surface area contributed by atoms with Crippen molar-refractivity contribution in [2.24, 2.45) is 0 Å². The van der Waals surface area contributed by atoms with Gasteiger partial charge >= 0.3 is 12.2 Å². The van der Waals surface area contributed by atoms with Crippen LogP contribution in [0.2, 0.25) is 5.02 Å². The summed E-state index contributed by atoms with van der Waals surface area (Å²) in [5, 5.41) is 14.4. The Balaban J connectivity index is 1.53. The number of carbonyl (C=O) groups is 2. The number of rotatable bonds is 7. The van der Waals surface area contributed by atoms with Crippen molar-refractivity contribution >= 4 is 56.8 Å². The highest BCUT2D eigenvalue weighted by atomic mass is 35.5. The van der Waals surface area contributed by atoms with Gasteiger partial charge in [-0.25, -0.2) is 19.5 Å². The lowest BCUT2D eigenvalue weighted by atomic mass is 10.1. The van der Waals surface area contributed by atoms with Crippen molar-refractivity contribution in [3.05, 3.63) is 60.0 Å². The molecule has 0 saturated heterocycles. The number of halogens is 1. The van der Waals surface area contributed by atoms with Gasteiger partial charge in [0.15, 0.2) is 0 Å². The first-order valence-corrected chi connectivity index (χ1v) is 15.3. The van der Waals surface area contributed by atoms with Crippen molar-refractivity contribution in [2.75, 3.05) is 18.6 Å². The van der Waals surface area contributed by atoms with Crippen molar-refractivity contribution in [1.82, 2.24) is 29.5 Å². The number of carbonyl (C=O) groups excluding carboxylic acids is 2. The van der Waals surface area contributed by atoms with Gasteiger partial charge < -0.3 is 18.8 Å². The van der Waals surface area contributed by atoms with Crippen molar-refractivity contribution in [1.29, 1.82) is 0 Å². The van der Waals surface area contributed by atoms with Gasteiger partial charge in [0.05, 0.1) is 29.0 Å². The van der Waals surface area contributed by atoms with Crippen LogP contribution in [0, 0.1) is 0 Å². The van der Waals surface area contributed by atoms with Gasteiger partial charge in [0.1, 0.15) is 22.0 Å². The van der Waals surface area contributed by atoms with Crippen molar-refractivity contribution in [2.45, 2.75) is 59.3 Å². The van der Waals surface area contributed by atoms with Gasteiger partial charge in [-0.3, -0.25) is 0 Å². The average molecular weight is 652 g/mol. The van der Waals surface area contributed by atoms with Gasteiger partial charge in [-0.15, -0.1) is 10.2 Å². The molecule has 0 fully saturated rings. The third kappa shape index (κ3) is 7.16. The van der Waals surface area contributed by atoms with E-state index in [1.54, 1.807) is 67.0 Å². The predicted octanol–water partition coefficient (Wildman–Crippen LogP) is 7.57. The van der Waals surface area contributed by atoms with E-state index in [9.17, 15) is 9.59 Å². The lowest BCUT2D eigenvalue weighted by Gasteiger charge is -2.26. The summed E-state index contributed by atoms with van der Waals surface area (Å²) in [6.45, 7) is 11.8. The minimum absolute atomic E-state index is 0.176. The first kappa shape index (κ1) is 32.1. The van der Waals surface area contributed by atoms with Crippen LogP contribution in [0.25, 0.3) is 32.9 Å². The summed E-state index contributed by atoms with van der Waals surface area (Å²) in [6, 6.07) is 11.0. The molecule has 14 heteroatoms. The third-order valence-corrected chi connectivity index (χ3v) is 7.63. The zero-order valence-corrected chi connectivity index (χ0v) is 27.6. The van der Waals surface area contributed by atoms with E-state index in [2.05, 4.69) is 20.3 Å². The van der Waals surface area contributed by atoms with E-state index in [1.165, 1.54) is 22.4 Å². The number of ether oxygens (including phenoxy) is 3. The predicted molar refractivity (Wildman–Crippen MR) is 173 cm³/mol. The second-order valence-electron chi connectivity index (χ2n) is 12.1. The topological polar surface area (TPSA) is 126 Å². The molecule has 236 valence electrons. The minimum atomic E-state index is -0.805. The SMILES string of the molecule is COCCn1ccnc1-c1cccc(-c2nnc(N(C(=O)OC(C)(C)C)c3ccc4c(cnn4C(=O)OC(C)(C)C)c3Cl)s2)c1. The normalized spacial score (nSPS) is 12.0. The molecule has 3 heterocycles. The summed E-state index contributed by atoms with van der Waals surface area (Å²) in [5.74, 6) is 0.793. The van der Waals surface area contributed by atoms with E-state index in [0.29, 0.717) is 34.7 Å². The summed E-state index contributed by atoms with van der Waals surface area (Å²) < 4.78 is 19.6. The second kappa shape index (κ2) is 12.6. The Morgan fingerprint density at radius 3 is 2.44 bits per heavy atom. The van der Waals surface area contributed by atoms with Crippen LogP contribution >= 0.6 is 22.9 Å². The number of benzene rings is 2. The van der Waals surface area contributed by atoms with Crippen LogP contribution in [-0.2, 0) is 20.8 Å². The number of amides is 1. The first-order valence-electron chi connectivity index (χ1n) is 14.1. The number of nitrogens with zero attached hydrogens (tertiary/aromatic N) is 7. The molecular formula is C31H34ClN7O5S. The summed E-state index contributed by atoms with van der Waals surface area (Å²) in [6.07, 6.45) is 3.76. The van der Waals surface area contributed by atoms with Crippen LogP contribution in [0.15, 0.2) is 55.0 Å². The highest BCUT2D eigenvalue weighted by Gasteiger charge is 2.31. The van der Waals surface area contributed by atoms with Gasteiger partial charge in [0.2, 0.25) is 5.13 Å². The molecule has 0 aliphatic carbocycles. The Labute approximate surface area is 269 Å². The molecule has 0 aliphatic heterocycles. The molecule has 2 aromatic carbocycles. The Kier molecular flexibility index (Phi) is 8.97. The molecule has 0 radical (unpaired) electrons. The van der Waals surface area contributed by atoms with E-state index in [4.69, 9.17) is 25.8 Å². The fraction of sp³-hybridized carbons (Fsp3) is 0.355. The maximum Gasteiger partial charge on any atom is 0.435 e. The third-order valence-electron chi connectivity index (χ3n) is 6.28. The molecule has 5 aromatic rings. The van der Waals surface area contributed by atoms with Gasteiger partial charge in [-0.05, 0) is 59.7 Å². The fourth-order valence-corrected chi connectivity index (χ4v) is 5.56. The standard InChI is InChI=1S/C31H34ClN7O5S/c1-30(2,3)43-28(40)38(23-12-11-22-21(24(23)32)18-34-39(22)29(41)44-31(4,5)6)27-36-35-26(45-27)20-10-8-9-19(17-20)25-33-13-14-37(25)15-16-42-7/h8-14,17-18H,15-16H2,1-7H3. The van der Waals surface area contributed by atoms with Gasteiger partial charge in [0.25, 0.3) is 0 Å². The van der Waals surface area contributed by atoms with Crippen LogP contribution in [-0.4, -0.2) is 66.6 Å². The molecule has 0 N–H and O–H groups in total. The Morgan fingerprint density at radius 1 is 1.00 bits per heavy atom. The van der Waals surface area contributed by atoms with E-state index in [-0.39, 0.29) is 10.2 Å². The van der Waals surface area contributed by atoms with Gasteiger partial charge in [-0.2, -0.15) is 9.78 Å². The summed E-state index contributed by atoms with van der Waals surface area (Å²) >= 11 is 8.09. The largest absolute Gasteiger partial charge is 0.443 e. The highest BCUT2D eigenvalue weighted by molar-refractivity contribution is 7.18. The molecular weight excluding hydrogens is 618 g/mol. The summed E-state index contributed by atoms with van der Waals surface area (Å²) in [4.78, 5) is 32.2.